The monoisotopic (exact) mass is 549 g/mol. The summed E-state index contributed by atoms with van der Waals surface area (Å²) >= 11 is 1.70. The molecule has 0 bridgehead atoms. The zero-order chi connectivity index (χ0) is 26.3. The Morgan fingerprint density at radius 1 is 0.895 bits per heavy atom. The summed E-state index contributed by atoms with van der Waals surface area (Å²) in [6, 6.07) is 21.4. The van der Waals surface area contributed by atoms with E-state index in [0.29, 0.717) is 19.6 Å². The summed E-state index contributed by atoms with van der Waals surface area (Å²) in [7, 11) is -3.66. The van der Waals surface area contributed by atoms with Crippen LogP contribution in [-0.4, -0.2) is 67.7 Å². The molecule has 0 aliphatic carbocycles. The molecule has 2 aliphatic heterocycles. The van der Waals surface area contributed by atoms with Crippen LogP contribution in [0.25, 0.3) is 10.8 Å². The molecule has 38 heavy (non-hydrogen) atoms. The number of amides is 1. The molecule has 2 aliphatic rings. The Morgan fingerprint density at radius 2 is 1.68 bits per heavy atom. The molecular formula is C29H28FN3O3S2. The Morgan fingerprint density at radius 3 is 2.47 bits per heavy atom. The van der Waals surface area contributed by atoms with Crippen LogP contribution in [0.2, 0.25) is 0 Å². The second kappa shape index (κ2) is 10.2. The lowest BCUT2D eigenvalue weighted by Crippen LogP contribution is -2.53. The molecule has 1 aromatic heterocycles. The third-order valence-electron chi connectivity index (χ3n) is 7.52. The van der Waals surface area contributed by atoms with E-state index in [2.05, 4.69) is 16.3 Å². The maximum Gasteiger partial charge on any atom is 0.243 e. The van der Waals surface area contributed by atoms with Gasteiger partial charge in [-0.05, 0) is 64.0 Å². The summed E-state index contributed by atoms with van der Waals surface area (Å²) in [4.78, 5) is 18.8. The summed E-state index contributed by atoms with van der Waals surface area (Å²) in [5, 5.41) is 3.92. The number of sulfonamides is 1. The number of rotatable bonds is 5. The average Bonchev–Trinajstić information content (AvgIpc) is 3.41. The summed E-state index contributed by atoms with van der Waals surface area (Å²) in [5.41, 5.74) is 1.97. The summed E-state index contributed by atoms with van der Waals surface area (Å²) < 4.78 is 42.2. The van der Waals surface area contributed by atoms with Gasteiger partial charge in [0, 0.05) is 37.6 Å². The molecular weight excluding hydrogens is 521 g/mol. The van der Waals surface area contributed by atoms with Crippen molar-refractivity contribution in [2.24, 2.45) is 0 Å². The predicted molar refractivity (Wildman–Crippen MR) is 147 cm³/mol. The normalized spacial score (nSPS) is 19.0. The zero-order valence-electron chi connectivity index (χ0n) is 20.8. The van der Waals surface area contributed by atoms with Crippen LogP contribution in [0, 0.1) is 5.82 Å². The fraction of sp³-hybridized carbons (Fsp3) is 0.276. The minimum absolute atomic E-state index is 0.0344. The van der Waals surface area contributed by atoms with Crippen LogP contribution < -0.4 is 0 Å². The first-order chi connectivity index (χ1) is 18.4. The van der Waals surface area contributed by atoms with Crippen molar-refractivity contribution in [3.63, 3.8) is 0 Å². The van der Waals surface area contributed by atoms with Gasteiger partial charge in [0.05, 0.1) is 17.5 Å². The predicted octanol–water partition coefficient (Wildman–Crippen LogP) is 4.52. The second-order valence-electron chi connectivity index (χ2n) is 9.77. The number of hydrogen-bond donors (Lipinski definition) is 0. The van der Waals surface area contributed by atoms with Gasteiger partial charge in [0.1, 0.15) is 5.82 Å². The number of benzene rings is 3. The Bertz CT molecular complexity index is 1600. The Hall–Kier alpha value is -3.11. The summed E-state index contributed by atoms with van der Waals surface area (Å²) in [5.74, 6) is -0.326. The quantitative estimate of drug-likeness (QED) is 0.367. The van der Waals surface area contributed by atoms with Crippen molar-refractivity contribution < 1.29 is 17.6 Å². The van der Waals surface area contributed by atoms with Gasteiger partial charge in [-0.2, -0.15) is 4.31 Å². The highest BCUT2D eigenvalue weighted by Crippen LogP contribution is 2.38. The van der Waals surface area contributed by atoms with E-state index in [-0.39, 0.29) is 42.3 Å². The molecule has 3 heterocycles. The molecule has 6 rings (SSSR count). The van der Waals surface area contributed by atoms with Crippen molar-refractivity contribution >= 4 is 38.0 Å². The number of thiophene rings is 1. The number of halogens is 1. The Balaban J connectivity index is 1.14. The van der Waals surface area contributed by atoms with Crippen molar-refractivity contribution in [2.75, 3.05) is 39.3 Å². The van der Waals surface area contributed by atoms with Crippen molar-refractivity contribution in [3.05, 3.63) is 100.0 Å². The molecule has 0 saturated carbocycles. The molecule has 1 atom stereocenters. The first-order valence-corrected chi connectivity index (χ1v) is 15.0. The van der Waals surface area contributed by atoms with Gasteiger partial charge in [-0.15, -0.1) is 11.3 Å². The molecule has 0 radical (unpaired) electrons. The van der Waals surface area contributed by atoms with Gasteiger partial charge >= 0.3 is 0 Å². The first kappa shape index (κ1) is 25.2. The number of nitrogens with zero attached hydrogens (tertiary/aromatic N) is 3. The largest absolute Gasteiger partial charge is 0.339 e. The van der Waals surface area contributed by atoms with E-state index < -0.39 is 10.0 Å². The van der Waals surface area contributed by atoms with Crippen LogP contribution in [0.15, 0.2) is 83.1 Å². The number of carbonyl (C=O) groups is 1. The molecule has 0 spiro atoms. The van der Waals surface area contributed by atoms with Crippen LogP contribution in [0.5, 0.6) is 0 Å². The van der Waals surface area contributed by atoms with Crippen LogP contribution in [0.3, 0.4) is 0 Å². The standard InChI is InChI=1S/C29H28FN3O3S2/c30-24-7-3-6-23(18-24)29-26-11-17-37-27(26)10-12-32(29)20-28(34)31-13-15-33(16-14-31)38(35,36)25-9-8-21-4-1-2-5-22(21)19-25/h1-9,11,17-19,29H,10,12-16,20H2/t29-/m0/s1. The van der Waals surface area contributed by atoms with E-state index in [1.54, 1.807) is 40.5 Å². The highest BCUT2D eigenvalue weighted by atomic mass is 32.2. The first-order valence-electron chi connectivity index (χ1n) is 12.7. The highest BCUT2D eigenvalue weighted by molar-refractivity contribution is 7.89. The van der Waals surface area contributed by atoms with Crippen molar-refractivity contribution in [2.45, 2.75) is 17.4 Å². The lowest BCUT2D eigenvalue weighted by Gasteiger charge is -2.39. The summed E-state index contributed by atoms with van der Waals surface area (Å²) in [6.45, 7) is 2.10. The highest BCUT2D eigenvalue weighted by Gasteiger charge is 2.34. The molecule has 3 aromatic carbocycles. The summed E-state index contributed by atoms with van der Waals surface area (Å²) in [6.07, 6.45) is 0.851. The van der Waals surface area contributed by atoms with Gasteiger partial charge in [-0.1, -0.05) is 42.5 Å². The van der Waals surface area contributed by atoms with E-state index in [1.165, 1.54) is 15.2 Å². The Labute approximate surface area is 226 Å². The lowest BCUT2D eigenvalue weighted by atomic mass is 9.93. The number of piperazine rings is 1. The molecule has 9 heteroatoms. The third-order valence-corrected chi connectivity index (χ3v) is 10.4. The maximum atomic E-state index is 14.1. The fourth-order valence-corrected chi connectivity index (χ4v) is 7.90. The van der Waals surface area contributed by atoms with Gasteiger partial charge in [0.2, 0.25) is 15.9 Å². The minimum Gasteiger partial charge on any atom is -0.339 e. The molecule has 0 unspecified atom stereocenters. The van der Waals surface area contributed by atoms with Crippen LogP contribution in [0.4, 0.5) is 4.39 Å². The van der Waals surface area contributed by atoms with Crippen LogP contribution in [0.1, 0.15) is 22.0 Å². The molecule has 4 aromatic rings. The van der Waals surface area contributed by atoms with Gasteiger partial charge in [-0.3, -0.25) is 9.69 Å². The second-order valence-corrected chi connectivity index (χ2v) is 12.7. The Kier molecular flexibility index (Phi) is 6.77. The SMILES string of the molecule is O=C(CN1CCc2sccc2[C@@H]1c1cccc(F)c1)N1CCN(S(=O)(=O)c2ccc3ccccc3c2)CC1. The average molecular weight is 550 g/mol. The van der Waals surface area contributed by atoms with Crippen LogP contribution >= 0.6 is 11.3 Å². The molecule has 1 fully saturated rings. The van der Waals surface area contributed by atoms with E-state index in [0.717, 1.165) is 28.3 Å². The van der Waals surface area contributed by atoms with E-state index in [4.69, 9.17) is 0 Å². The number of fused-ring (bicyclic) bond motifs is 2. The molecule has 196 valence electrons. The zero-order valence-corrected chi connectivity index (χ0v) is 22.4. The van der Waals surface area contributed by atoms with E-state index in [1.807, 2.05) is 36.4 Å². The maximum absolute atomic E-state index is 14.1. The number of hydrogen-bond acceptors (Lipinski definition) is 5. The smallest absolute Gasteiger partial charge is 0.243 e. The van der Waals surface area contributed by atoms with Gasteiger partial charge in [0.15, 0.2) is 0 Å². The minimum atomic E-state index is -3.66. The molecule has 1 amide bonds. The van der Waals surface area contributed by atoms with E-state index in [9.17, 15) is 17.6 Å². The fourth-order valence-electron chi connectivity index (χ4n) is 5.53. The molecule has 1 saturated heterocycles. The van der Waals surface area contributed by atoms with Gasteiger partial charge < -0.3 is 4.90 Å². The van der Waals surface area contributed by atoms with E-state index >= 15 is 0 Å². The van der Waals surface area contributed by atoms with Crippen molar-refractivity contribution in [1.82, 2.24) is 14.1 Å². The topological polar surface area (TPSA) is 60.9 Å². The van der Waals surface area contributed by atoms with Crippen molar-refractivity contribution in [1.29, 1.82) is 0 Å². The molecule has 0 N–H and O–H groups in total. The lowest BCUT2D eigenvalue weighted by molar-refractivity contribution is -0.134. The van der Waals surface area contributed by atoms with Crippen molar-refractivity contribution in [3.8, 4) is 0 Å². The van der Waals surface area contributed by atoms with Gasteiger partial charge in [0.25, 0.3) is 0 Å². The number of carbonyl (C=O) groups excluding carboxylic acids is 1. The van der Waals surface area contributed by atoms with Crippen LogP contribution in [-0.2, 0) is 21.2 Å². The third kappa shape index (κ3) is 4.75. The van der Waals surface area contributed by atoms with Gasteiger partial charge in [-0.25, -0.2) is 12.8 Å². The molecule has 6 nitrogen and oxygen atoms in total.